The molecule has 1 aliphatic carbocycles. The molecule has 1 saturated carbocycles. The summed E-state index contributed by atoms with van der Waals surface area (Å²) in [6.07, 6.45) is 0.0646. The maximum absolute atomic E-state index is 12.4. The van der Waals surface area contributed by atoms with E-state index in [-0.39, 0.29) is 12.5 Å². The average Bonchev–Trinajstić information content (AvgIpc) is 2.33. The highest BCUT2D eigenvalue weighted by molar-refractivity contribution is 4.83. The molecule has 4 heteroatoms. The molecular weight excluding hydrogens is 251 g/mol. The second-order valence-corrected chi connectivity index (χ2v) is 6.24. The van der Waals surface area contributed by atoms with Crippen LogP contribution in [0.3, 0.4) is 0 Å². The molecule has 0 aromatic heterocycles. The smallest absolute Gasteiger partial charge is 0.314 e. The standard InChI is InChI=1S/C15H28F3N/c1-4-19-14(9-10-15(16,17)18)13-7-5-12(6-8-13)11(2)3/h11-14,19H,4-10H2,1-3H3. The second-order valence-electron chi connectivity index (χ2n) is 6.24. The summed E-state index contributed by atoms with van der Waals surface area (Å²) in [5.74, 6) is 1.90. The summed E-state index contributed by atoms with van der Waals surface area (Å²) in [6.45, 7) is 7.22. The first-order valence-corrected chi connectivity index (χ1v) is 7.63. The van der Waals surface area contributed by atoms with Gasteiger partial charge < -0.3 is 5.32 Å². The molecule has 1 atom stereocenters. The molecule has 1 nitrogen and oxygen atoms in total. The zero-order valence-corrected chi connectivity index (χ0v) is 12.4. The fourth-order valence-corrected chi connectivity index (χ4v) is 3.30. The van der Waals surface area contributed by atoms with Gasteiger partial charge in [-0.3, -0.25) is 0 Å². The van der Waals surface area contributed by atoms with Gasteiger partial charge in [0.05, 0.1) is 0 Å². The van der Waals surface area contributed by atoms with Crippen LogP contribution in [0.2, 0.25) is 0 Å². The number of hydrogen-bond donors (Lipinski definition) is 1. The van der Waals surface area contributed by atoms with Gasteiger partial charge in [-0.15, -0.1) is 0 Å². The molecule has 19 heavy (non-hydrogen) atoms. The fourth-order valence-electron chi connectivity index (χ4n) is 3.30. The van der Waals surface area contributed by atoms with Crippen LogP contribution in [0.15, 0.2) is 0 Å². The third kappa shape index (κ3) is 6.15. The Labute approximate surface area is 115 Å². The van der Waals surface area contributed by atoms with Crippen LogP contribution < -0.4 is 5.32 Å². The van der Waals surface area contributed by atoms with Crippen molar-refractivity contribution in [2.45, 2.75) is 71.5 Å². The van der Waals surface area contributed by atoms with E-state index in [9.17, 15) is 13.2 Å². The molecule has 1 N–H and O–H groups in total. The Morgan fingerprint density at radius 1 is 1.05 bits per heavy atom. The number of halogens is 3. The SMILES string of the molecule is CCNC(CCC(F)(F)F)C1CCC(C(C)C)CC1. The molecular formula is C15H28F3N. The second kappa shape index (κ2) is 7.51. The van der Waals surface area contributed by atoms with E-state index in [1.54, 1.807) is 0 Å². The highest BCUT2D eigenvalue weighted by Gasteiger charge is 2.32. The lowest BCUT2D eigenvalue weighted by Crippen LogP contribution is -2.39. The lowest BCUT2D eigenvalue weighted by molar-refractivity contribution is -0.137. The third-order valence-electron chi connectivity index (χ3n) is 4.53. The maximum atomic E-state index is 12.4. The molecule has 0 amide bonds. The number of alkyl halides is 3. The van der Waals surface area contributed by atoms with Gasteiger partial charge in [0.15, 0.2) is 0 Å². The molecule has 0 bridgehead atoms. The molecule has 0 spiro atoms. The molecule has 1 unspecified atom stereocenters. The van der Waals surface area contributed by atoms with Gasteiger partial charge >= 0.3 is 6.18 Å². The molecule has 1 fully saturated rings. The van der Waals surface area contributed by atoms with Crippen molar-refractivity contribution >= 4 is 0 Å². The lowest BCUT2D eigenvalue weighted by atomic mass is 9.74. The molecule has 1 rings (SSSR count). The van der Waals surface area contributed by atoms with Gasteiger partial charge in [-0.25, -0.2) is 0 Å². The summed E-state index contributed by atoms with van der Waals surface area (Å²) < 4.78 is 37.1. The molecule has 0 heterocycles. The zero-order chi connectivity index (χ0) is 14.5. The minimum Gasteiger partial charge on any atom is -0.314 e. The van der Waals surface area contributed by atoms with Crippen LogP contribution >= 0.6 is 0 Å². The topological polar surface area (TPSA) is 12.0 Å². The van der Waals surface area contributed by atoms with Crippen molar-refractivity contribution < 1.29 is 13.2 Å². The lowest BCUT2D eigenvalue weighted by Gasteiger charge is -2.36. The molecule has 1 aliphatic rings. The van der Waals surface area contributed by atoms with Crippen LogP contribution in [0.25, 0.3) is 0 Å². The highest BCUT2D eigenvalue weighted by atomic mass is 19.4. The van der Waals surface area contributed by atoms with Crippen LogP contribution in [0.1, 0.15) is 59.3 Å². The van der Waals surface area contributed by atoms with Gasteiger partial charge in [0.2, 0.25) is 0 Å². The average molecular weight is 279 g/mol. The zero-order valence-electron chi connectivity index (χ0n) is 12.4. The maximum Gasteiger partial charge on any atom is 0.389 e. The Morgan fingerprint density at radius 2 is 1.58 bits per heavy atom. The van der Waals surface area contributed by atoms with Crippen molar-refractivity contribution in [3.05, 3.63) is 0 Å². The normalized spacial score (nSPS) is 26.7. The third-order valence-corrected chi connectivity index (χ3v) is 4.53. The monoisotopic (exact) mass is 279 g/mol. The number of hydrogen-bond acceptors (Lipinski definition) is 1. The van der Waals surface area contributed by atoms with Crippen LogP contribution in [0.4, 0.5) is 13.2 Å². The van der Waals surface area contributed by atoms with Gasteiger partial charge in [0.25, 0.3) is 0 Å². The van der Waals surface area contributed by atoms with Crippen molar-refractivity contribution in [3.8, 4) is 0 Å². The summed E-state index contributed by atoms with van der Waals surface area (Å²) in [7, 11) is 0. The fraction of sp³-hybridized carbons (Fsp3) is 1.00. The molecule has 0 aromatic carbocycles. The van der Waals surface area contributed by atoms with Crippen molar-refractivity contribution in [1.82, 2.24) is 5.32 Å². The Balaban J connectivity index is 2.44. The first-order chi connectivity index (χ1) is 8.83. The van der Waals surface area contributed by atoms with Crippen LogP contribution in [0.5, 0.6) is 0 Å². The van der Waals surface area contributed by atoms with E-state index in [1.807, 2.05) is 6.92 Å². The summed E-state index contributed by atoms with van der Waals surface area (Å²) in [4.78, 5) is 0. The van der Waals surface area contributed by atoms with Crippen LogP contribution in [-0.2, 0) is 0 Å². The van der Waals surface area contributed by atoms with Crippen molar-refractivity contribution in [2.24, 2.45) is 17.8 Å². The number of nitrogens with one attached hydrogen (secondary N) is 1. The first-order valence-electron chi connectivity index (χ1n) is 7.63. The van der Waals surface area contributed by atoms with E-state index >= 15 is 0 Å². The molecule has 0 radical (unpaired) electrons. The van der Waals surface area contributed by atoms with E-state index in [4.69, 9.17) is 0 Å². The van der Waals surface area contributed by atoms with E-state index < -0.39 is 12.6 Å². The highest BCUT2D eigenvalue weighted by Crippen LogP contribution is 2.36. The molecule has 0 aromatic rings. The van der Waals surface area contributed by atoms with E-state index in [0.717, 1.165) is 25.3 Å². The molecule has 0 aliphatic heterocycles. The Morgan fingerprint density at radius 3 is 2.00 bits per heavy atom. The quantitative estimate of drug-likeness (QED) is 0.738. The Bertz CT molecular complexity index is 242. The first kappa shape index (κ1) is 16.8. The number of rotatable bonds is 6. The van der Waals surface area contributed by atoms with Crippen molar-refractivity contribution in [3.63, 3.8) is 0 Å². The largest absolute Gasteiger partial charge is 0.389 e. The van der Waals surface area contributed by atoms with E-state index in [1.165, 1.54) is 12.8 Å². The predicted octanol–water partition coefficient (Wildman–Crippen LogP) is 4.77. The predicted molar refractivity (Wildman–Crippen MR) is 73.0 cm³/mol. The molecule has 114 valence electrons. The molecule has 0 saturated heterocycles. The summed E-state index contributed by atoms with van der Waals surface area (Å²) >= 11 is 0. The van der Waals surface area contributed by atoms with Gasteiger partial charge in [-0.1, -0.05) is 20.8 Å². The minimum atomic E-state index is -4.02. The summed E-state index contributed by atoms with van der Waals surface area (Å²) in [5.41, 5.74) is 0. The van der Waals surface area contributed by atoms with Crippen LogP contribution in [0, 0.1) is 17.8 Å². The van der Waals surface area contributed by atoms with Crippen molar-refractivity contribution in [1.29, 1.82) is 0 Å². The van der Waals surface area contributed by atoms with E-state index in [0.29, 0.717) is 11.8 Å². The van der Waals surface area contributed by atoms with Gasteiger partial charge in [-0.05, 0) is 56.4 Å². The van der Waals surface area contributed by atoms with E-state index in [2.05, 4.69) is 19.2 Å². The summed E-state index contributed by atoms with van der Waals surface area (Å²) in [6, 6.07) is 0.0414. The van der Waals surface area contributed by atoms with Gasteiger partial charge in [0, 0.05) is 12.5 Å². The Hall–Kier alpha value is -0.250. The van der Waals surface area contributed by atoms with Crippen LogP contribution in [-0.4, -0.2) is 18.8 Å². The summed E-state index contributed by atoms with van der Waals surface area (Å²) in [5, 5.41) is 3.27. The minimum absolute atomic E-state index is 0.0414. The Kier molecular flexibility index (Phi) is 6.64. The van der Waals surface area contributed by atoms with Crippen molar-refractivity contribution in [2.75, 3.05) is 6.54 Å². The van der Waals surface area contributed by atoms with Gasteiger partial charge in [-0.2, -0.15) is 13.2 Å². The van der Waals surface area contributed by atoms with Gasteiger partial charge in [0.1, 0.15) is 0 Å².